The summed E-state index contributed by atoms with van der Waals surface area (Å²) < 4.78 is 7.01. The van der Waals surface area contributed by atoms with Crippen LogP contribution in [0.3, 0.4) is 0 Å². The lowest BCUT2D eigenvalue weighted by Gasteiger charge is -2.22. The summed E-state index contributed by atoms with van der Waals surface area (Å²) in [6, 6.07) is 7.63. The topological polar surface area (TPSA) is 97.2 Å². The molecule has 2 amide bonds. The summed E-state index contributed by atoms with van der Waals surface area (Å²) in [7, 11) is 1.67. The number of aryl methyl sites for hydroxylation is 2. The first-order valence-corrected chi connectivity index (χ1v) is 10.5. The van der Waals surface area contributed by atoms with Gasteiger partial charge in [0.15, 0.2) is 0 Å². The Balaban J connectivity index is 1.64. The third-order valence-corrected chi connectivity index (χ3v) is 5.28. The zero-order valence-corrected chi connectivity index (χ0v) is 18.4. The van der Waals surface area contributed by atoms with E-state index >= 15 is 0 Å². The Morgan fingerprint density at radius 1 is 1.26 bits per heavy atom. The lowest BCUT2D eigenvalue weighted by molar-refractivity contribution is 0.252. The highest BCUT2D eigenvalue weighted by atomic mass is 35.5. The molecule has 0 unspecified atom stereocenters. The fraction of sp³-hybridized carbons (Fsp3) is 0.333. The number of pyridine rings is 1. The first kappa shape index (κ1) is 20.9. The molecule has 0 bridgehead atoms. The molecule has 1 aliphatic heterocycles. The van der Waals surface area contributed by atoms with Crippen LogP contribution < -0.4 is 20.3 Å². The number of carbonyl (C=O) groups is 1. The maximum Gasteiger partial charge on any atom is 0.321 e. The molecular weight excluding hydrogens is 418 g/mol. The summed E-state index contributed by atoms with van der Waals surface area (Å²) in [4.78, 5) is 23.1. The quantitative estimate of drug-likeness (QED) is 0.569. The van der Waals surface area contributed by atoms with Crippen LogP contribution in [0.15, 0.2) is 30.6 Å². The van der Waals surface area contributed by atoms with Gasteiger partial charge in [0.1, 0.15) is 17.9 Å². The number of hydrogen-bond donors (Lipinski definition) is 2. The molecule has 0 fully saturated rings. The van der Waals surface area contributed by atoms with E-state index < -0.39 is 6.03 Å². The molecule has 0 spiro atoms. The number of urea groups is 1. The number of nitrogens with one attached hydrogen (secondary N) is 2. The van der Waals surface area contributed by atoms with Crippen molar-refractivity contribution in [3.8, 4) is 11.4 Å². The number of carbonyl (C=O) groups excluding carboxylic acids is 1. The number of alkyl halides is 1. The van der Waals surface area contributed by atoms with Crippen LogP contribution in [0.25, 0.3) is 5.69 Å². The third-order valence-electron chi connectivity index (χ3n) is 5.09. The van der Waals surface area contributed by atoms with Gasteiger partial charge in [-0.15, -0.1) is 16.7 Å². The number of ether oxygens (including phenoxy) is 1. The number of fused-ring (bicyclic) bond motifs is 1. The minimum absolute atomic E-state index is 0.219. The maximum absolute atomic E-state index is 11.8. The van der Waals surface area contributed by atoms with E-state index in [2.05, 4.69) is 38.6 Å². The van der Waals surface area contributed by atoms with Crippen LogP contribution in [0.1, 0.15) is 16.8 Å². The second-order valence-corrected chi connectivity index (χ2v) is 7.60. The highest BCUT2D eigenvalue weighted by molar-refractivity contribution is 6.18. The predicted octanol–water partition coefficient (Wildman–Crippen LogP) is 3.34. The lowest BCUT2D eigenvalue weighted by atomic mass is 10.1. The van der Waals surface area contributed by atoms with Crippen molar-refractivity contribution in [3.63, 3.8) is 0 Å². The van der Waals surface area contributed by atoms with Crippen LogP contribution in [0.5, 0.6) is 5.75 Å². The molecule has 3 aromatic rings. The van der Waals surface area contributed by atoms with Gasteiger partial charge in [0.25, 0.3) is 5.95 Å². The smallest absolute Gasteiger partial charge is 0.321 e. The molecule has 0 aliphatic carbocycles. The summed E-state index contributed by atoms with van der Waals surface area (Å²) in [5.41, 5.74) is 5.08. The number of anilines is 3. The van der Waals surface area contributed by atoms with Gasteiger partial charge < -0.3 is 15.0 Å². The van der Waals surface area contributed by atoms with Crippen molar-refractivity contribution in [2.45, 2.75) is 20.3 Å². The average Bonchev–Trinajstić information content (AvgIpc) is 3.38. The molecule has 2 aromatic heterocycles. The molecule has 2 N–H and O–H groups in total. The molecule has 1 aromatic carbocycles. The van der Waals surface area contributed by atoms with E-state index in [1.54, 1.807) is 18.1 Å². The molecule has 4 rings (SSSR count). The second-order valence-electron chi connectivity index (χ2n) is 7.22. The highest BCUT2D eigenvalue weighted by Crippen LogP contribution is 2.38. The molecular formula is C21H24ClN7O2. The van der Waals surface area contributed by atoms with Gasteiger partial charge in [-0.3, -0.25) is 5.32 Å². The SMILES string of the molecule is COc1ccc(N2CCc3c(-n4cnc(NC(=O)NCCCl)n4)cc(C)nc32)c(C)c1. The van der Waals surface area contributed by atoms with Gasteiger partial charge in [-0.25, -0.2) is 14.5 Å². The third kappa shape index (κ3) is 4.27. The lowest BCUT2D eigenvalue weighted by Crippen LogP contribution is -2.30. The Labute approximate surface area is 185 Å². The summed E-state index contributed by atoms with van der Waals surface area (Å²) in [6.07, 6.45) is 2.41. The van der Waals surface area contributed by atoms with Crippen molar-refractivity contribution in [2.75, 3.05) is 36.3 Å². The van der Waals surface area contributed by atoms with E-state index in [4.69, 9.17) is 21.3 Å². The monoisotopic (exact) mass is 441 g/mol. The van der Waals surface area contributed by atoms with E-state index in [-0.39, 0.29) is 5.95 Å². The molecule has 0 atom stereocenters. The normalized spacial score (nSPS) is 12.6. The molecule has 10 heteroatoms. The Morgan fingerprint density at radius 3 is 2.84 bits per heavy atom. The maximum atomic E-state index is 11.8. The van der Waals surface area contributed by atoms with Crippen molar-refractivity contribution in [1.29, 1.82) is 0 Å². The Hall–Kier alpha value is -3.33. The first-order valence-electron chi connectivity index (χ1n) is 9.95. The zero-order valence-electron chi connectivity index (χ0n) is 17.6. The average molecular weight is 442 g/mol. The number of nitrogens with zero attached hydrogens (tertiary/aromatic N) is 5. The number of aromatic nitrogens is 4. The number of rotatable bonds is 6. The van der Waals surface area contributed by atoms with Crippen molar-refractivity contribution in [3.05, 3.63) is 47.4 Å². The predicted molar refractivity (Wildman–Crippen MR) is 120 cm³/mol. The van der Waals surface area contributed by atoms with E-state index in [0.29, 0.717) is 12.4 Å². The largest absolute Gasteiger partial charge is 0.497 e. The number of halogens is 1. The van der Waals surface area contributed by atoms with E-state index in [9.17, 15) is 4.79 Å². The minimum Gasteiger partial charge on any atom is -0.497 e. The zero-order chi connectivity index (χ0) is 22.0. The van der Waals surface area contributed by atoms with Crippen LogP contribution in [0, 0.1) is 13.8 Å². The summed E-state index contributed by atoms with van der Waals surface area (Å²) in [6.45, 7) is 5.20. The fourth-order valence-corrected chi connectivity index (χ4v) is 3.79. The highest BCUT2D eigenvalue weighted by Gasteiger charge is 2.27. The van der Waals surface area contributed by atoms with Gasteiger partial charge >= 0.3 is 6.03 Å². The second kappa shape index (κ2) is 8.81. The Kier molecular flexibility index (Phi) is 5.94. The molecule has 1 aliphatic rings. The van der Waals surface area contributed by atoms with Crippen LogP contribution in [-0.4, -0.2) is 51.9 Å². The van der Waals surface area contributed by atoms with Gasteiger partial charge in [-0.05, 0) is 50.1 Å². The van der Waals surface area contributed by atoms with Crippen LogP contribution in [0.4, 0.5) is 22.2 Å². The van der Waals surface area contributed by atoms with E-state index in [1.165, 1.54) is 0 Å². The number of benzene rings is 1. The van der Waals surface area contributed by atoms with Gasteiger partial charge in [-0.2, -0.15) is 4.98 Å². The molecule has 9 nitrogen and oxygen atoms in total. The Bertz CT molecular complexity index is 1120. The summed E-state index contributed by atoms with van der Waals surface area (Å²) >= 11 is 5.59. The van der Waals surface area contributed by atoms with Crippen molar-refractivity contribution >= 4 is 35.1 Å². The van der Waals surface area contributed by atoms with Crippen molar-refractivity contribution in [2.24, 2.45) is 0 Å². The first-order chi connectivity index (χ1) is 15.0. The van der Waals surface area contributed by atoms with Crippen LogP contribution >= 0.6 is 11.6 Å². The van der Waals surface area contributed by atoms with E-state index in [0.717, 1.165) is 52.7 Å². The molecule has 3 heterocycles. The van der Waals surface area contributed by atoms with Crippen LogP contribution in [-0.2, 0) is 6.42 Å². The number of methoxy groups -OCH3 is 1. The molecule has 31 heavy (non-hydrogen) atoms. The number of amides is 2. The van der Waals surface area contributed by atoms with E-state index in [1.807, 2.05) is 25.1 Å². The molecule has 0 radical (unpaired) electrons. The molecule has 0 saturated heterocycles. The van der Waals surface area contributed by atoms with Crippen LogP contribution in [0.2, 0.25) is 0 Å². The van der Waals surface area contributed by atoms with Crippen molar-refractivity contribution < 1.29 is 9.53 Å². The van der Waals surface area contributed by atoms with Crippen molar-refractivity contribution in [1.82, 2.24) is 25.1 Å². The Morgan fingerprint density at radius 2 is 2.10 bits per heavy atom. The number of hydrogen-bond acceptors (Lipinski definition) is 6. The summed E-state index contributed by atoms with van der Waals surface area (Å²) in [5, 5.41) is 9.66. The van der Waals surface area contributed by atoms with Gasteiger partial charge in [-0.1, -0.05) is 0 Å². The van der Waals surface area contributed by atoms with Gasteiger partial charge in [0.05, 0.1) is 12.8 Å². The summed E-state index contributed by atoms with van der Waals surface area (Å²) in [5.74, 6) is 2.29. The van der Waals surface area contributed by atoms with Gasteiger partial charge in [0, 0.05) is 35.9 Å². The molecule has 0 saturated carbocycles. The standard InChI is InChI=1S/C21H24ClN7O2/c1-13-10-15(31-3)4-5-17(13)28-9-6-16-18(11-14(2)25-19(16)28)29-12-24-20(27-29)26-21(30)23-8-7-22/h4-5,10-12H,6-9H2,1-3H3,(H2,23,26,27,30). The fourth-order valence-electron chi connectivity index (χ4n) is 3.70. The molecule has 162 valence electrons. The van der Waals surface area contributed by atoms with Gasteiger partial charge in [0.2, 0.25) is 0 Å². The minimum atomic E-state index is -0.393.